The van der Waals surface area contributed by atoms with Gasteiger partial charge in [0.1, 0.15) is 5.76 Å². The lowest BCUT2D eigenvalue weighted by Gasteiger charge is -2.14. The molecule has 6 heteroatoms. The van der Waals surface area contributed by atoms with Gasteiger partial charge in [-0.1, -0.05) is 0 Å². The number of hydrogen-bond donors (Lipinski definition) is 3. The first-order valence-corrected chi connectivity index (χ1v) is 7.72. The van der Waals surface area contributed by atoms with Crippen LogP contribution in [0.5, 0.6) is 0 Å². The summed E-state index contributed by atoms with van der Waals surface area (Å²) in [5, 5.41) is 5.59. The normalized spacial score (nSPS) is 12.0. The Bertz CT molecular complexity index is 704. The van der Waals surface area contributed by atoms with E-state index < -0.39 is 0 Å². The standard InChI is InChI=1S/C17H23N3O3/c1-11-9-13(3)19-16(21)15(11)10-18-17(22)20-12(2)6-7-14-5-4-8-23-14/h4-5,8-9,12H,6-7,10H2,1-3H3,(H,19,21)(H2,18,20,22). The van der Waals surface area contributed by atoms with Crippen molar-refractivity contribution in [2.75, 3.05) is 0 Å². The van der Waals surface area contributed by atoms with Crippen LogP contribution < -0.4 is 16.2 Å². The quantitative estimate of drug-likeness (QED) is 0.764. The fourth-order valence-corrected chi connectivity index (χ4v) is 2.43. The number of urea groups is 1. The summed E-state index contributed by atoms with van der Waals surface area (Å²) < 4.78 is 5.26. The summed E-state index contributed by atoms with van der Waals surface area (Å²) in [5.74, 6) is 0.904. The van der Waals surface area contributed by atoms with Crippen molar-refractivity contribution in [3.8, 4) is 0 Å². The first-order valence-electron chi connectivity index (χ1n) is 7.72. The fourth-order valence-electron chi connectivity index (χ4n) is 2.43. The van der Waals surface area contributed by atoms with Gasteiger partial charge in [0.2, 0.25) is 0 Å². The minimum absolute atomic E-state index is 0.0116. The number of furan rings is 1. The summed E-state index contributed by atoms with van der Waals surface area (Å²) >= 11 is 0. The molecule has 0 aliphatic heterocycles. The molecule has 2 aromatic heterocycles. The molecule has 0 bridgehead atoms. The van der Waals surface area contributed by atoms with Crippen molar-refractivity contribution >= 4 is 6.03 Å². The third kappa shape index (κ3) is 5.02. The average Bonchev–Trinajstić information content (AvgIpc) is 2.97. The molecule has 2 rings (SSSR count). The van der Waals surface area contributed by atoms with Crippen molar-refractivity contribution in [1.82, 2.24) is 15.6 Å². The van der Waals surface area contributed by atoms with Crippen LogP contribution in [0, 0.1) is 13.8 Å². The second-order valence-electron chi connectivity index (χ2n) is 5.79. The Morgan fingerprint density at radius 1 is 1.39 bits per heavy atom. The van der Waals surface area contributed by atoms with Gasteiger partial charge < -0.3 is 20.0 Å². The first kappa shape index (κ1) is 16.9. The van der Waals surface area contributed by atoms with Gasteiger partial charge in [0.15, 0.2) is 0 Å². The molecule has 6 nitrogen and oxygen atoms in total. The first-order chi connectivity index (χ1) is 11.0. The Labute approximate surface area is 135 Å². The minimum atomic E-state index is -0.281. The lowest BCUT2D eigenvalue weighted by molar-refractivity contribution is 0.236. The van der Waals surface area contributed by atoms with Crippen LogP contribution in [-0.4, -0.2) is 17.1 Å². The maximum Gasteiger partial charge on any atom is 0.315 e. The SMILES string of the molecule is Cc1cc(C)c(CNC(=O)NC(C)CCc2ccco2)c(=O)[nH]1. The molecule has 0 aromatic carbocycles. The van der Waals surface area contributed by atoms with Crippen LogP contribution in [0.15, 0.2) is 33.7 Å². The number of H-pyrrole nitrogens is 1. The number of nitrogens with one attached hydrogen (secondary N) is 3. The largest absolute Gasteiger partial charge is 0.469 e. The molecule has 1 atom stereocenters. The van der Waals surface area contributed by atoms with E-state index in [0.717, 1.165) is 29.9 Å². The molecule has 124 valence electrons. The number of rotatable bonds is 6. The summed E-state index contributed by atoms with van der Waals surface area (Å²) in [6.07, 6.45) is 3.19. The van der Waals surface area contributed by atoms with Crippen molar-refractivity contribution in [3.63, 3.8) is 0 Å². The average molecular weight is 317 g/mol. The van der Waals surface area contributed by atoms with E-state index in [2.05, 4.69) is 15.6 Å². The Balaban J connectivity index is 1.80. The van der Waals surface area contributed by atoms with Gasteiger partial charge in [0.05, 0.1) is 12.8 Å². The van der Waals surface area contributed by atoms with E-state index in [1.54, 1.807) is 6.26 Å². The van der Waals surface area contributed by atoms with Crippen molar-refractivity contribution in [1.29, 1.82) is 0 Å². The molecule has 0 saturated heterocycles. The molecule has 0 spiro atoms. The van der Waals surface area contributed by atoms with Gasteiger partial charge in [0, 0.05) is 23.7 Å². The second kappa shape index (κ2) is 7.67. The van der Waals surface area contributed by atoms with E-state index >= 15 is 0 Å². The van der Waals surface area contributed by atoms with Crippen molar-refractivity contribution < 1.29 is 9.21 Å². The van der Waals surface area contributed by atoms with Crippen LogP contribution in [0.3, 0.4) is 0 Å². The summed E-state index contributed by atoms with van der Waals surface area (Å²) in [6.45, 7) is 5.84. The fraction of sp³-hybridized carbons (Fsp3) is 0.412. The van der Waals surface area contributed by atoms with E-state index in [1.807, 2.05) is 39.0 Å². The van der Waals surface area contributed by atoms with Crippen LogP contribution in [0.25, 0.3) is 0 Å². The molecule has 0 aliphatic carbocycles. The number of carbonyl (C=O) groups is 1. The van der Waals surface area contributed by atoms with Gasteiger partial charge in [0.25, 0.3) is 5.56 Å². The number of pyridine rings is 1. The van der Waals surface area contributed by atoms with Gasteiger partial charge in [-0.15, -0.1) is 0 Å². The minimum Gasteiger partial charge on any atom is -0.469 e. The van der Waals surface area contributed by atoms with E-state index in [4.69, 9.17) is 4.42 Å². The number of amides is 2. The molecular formula is C17H23N3O3. The zero-order chi connectivity index (χ0) is 16.8. The van der Waals surface area contributed by atoms with Gasteiger partial charge in [-0.3, -0.25) is 4.79 Å². The molecule has 2 aromatic rings. The summed E-state index contributed by atoms with van der Waals surface area (Å²) in [6, 6.07) is 5.39. The zero-order valence-electron chi connectivity index (χ0n) is 13.7. The smallest absolute Gasteiger partial charge is 0.315 e. The number of hydrogen-bond acceptors (Lipinski definition) is 3. The maximum atomic E-state index is 11.9. The van der Waals surface area contributed by atoms with E-state index in [9.17, 15) is 9.59 Å². The van der Waals surface area contributed by atoms with E-state index in [1.165, 1.54) is 0 Å². The van der Waals surface area contributed by atoms with Gasteiger partial charge in [-0.2, -0.15) is 0 Å². The molecule has 3 N–H and O–H groups in total. The predicted octanol–water partition coefficient (Wildman–Crippen LogP) is 2.41. The second-order valence-corrected chi connectivity index (χ2v) is 5.79. The third-order valence-corrected chi connectivity index (χ3v) is 3.70. The van der Waals surface area contributed by atoms with Gasteiger partial charge in [-0.05, 0) is 51.0 Å². The lowest BCUT2D eigenvalue weighted by Crippen LogP contribution is -2.41. The molecule has 1 unspecified atom stereocenters. The Hall–Kier alpha value is -2.50. The summed E-state index contributed by atoms with van der Waals surface area (Å²) in [4.78, 5) is 26.6. The van der Waals surface area contributed by atoms with E-state index in [-0.39, 0.29) is 24.2 Å². The molecular weight excluding hydrogens is 294 g/mol. The molecule has 0 fully saturated rings. The molecule has 23 heavy (non-hydrogen) atoms. The Morgan fingerprint density at radius 3 is 2.83 bits per heavy atom. The van der Waals surface area contributed by atoms with Crippen LogP contribution >= 0.6 is 0 Å². The number of aryl methyl sites for hydroxylation is 3. The molecule has 2 amide bonds. The summed E-state index contributed by atoms with van der Waals surface area (Å²) in [5.41, 5.74) is 2.10. The van der Waals surface area contributed by atoms with Crippen molar-refractivity contribution in [2.45, 2.75) is 46.2 Å². The van der Waals surface area contributed by atoms with Crippen LogP contribution in [0.2, 0.25) is 0 Å². The molecule has 0 radical (unpaired) electrons. The number of aromatic nitrogens is 1. The highest BCUT2D eigenvalue weighted by Crippen LogP contribution is 2.06. The highest BCUT2D eigenvalue weighted by molar-refractivity contribution is 5.74. The Kier molecular flexibility index (Phi) is 5.62. The molecule has 2 heterocycles. The molecule has 0 aliphatic rings. The number of aromatic amines is 1. The van der Waals surface area contributed by atoms with Crippen molar-refractivity contribution in [2.24, 2.45) is 0 Å². The van der Waals surface area contributed by atoms with Gasteiger partial charge >= 0.3 is 6.03 Å². The lowest BCUT2D eigenvalue weighted by atomic mass is 10.1. The van der Waals surface area contributed by atoms with Crippen LogP contribution in [0.1, 0.15) is 35.9 Å². The highest BCUT2D eigenvalue weighted by atomic mass is 16.3. The highest BCUT2D eigenvalue weighted by Gasteiger charge is 2.10. The zero-order valence-corrected chi connectivity index (χ0v) is 13.7. The Morgan fingerprint density at radius 2 is 2.17 bits per heavy atom. The maximum absolute atomic E-state index is 11.9. The molecule has 0 saturated carbocycles. The monoisotopic (exact) mass is 317 g/mol. The summed E-state index contributed by atoms with van der Waals surface area (Å²) in [7, 11) is 0. The van der Waals surface area contributed by atoms with Crippen molar-refractivity contribution in [3.05, 3.63) is 57.4 Å². The topological polar surface area (TPSA) is 87.1 Å². The van der Waals surface area contributed by atoms with E-state index in [0.29, 0.717) is 5.56 Å². The van der Waals surface area contributed by atoms with Crippen LogP contribution in [-0.2, 0) is 13.0 Å². The van der Waals surface area contributed by atoms with Crippen LogP contribution in [0.4, 0.5) is 4.79 Å². The third-order valence-electron chi connectivity index (χ3n) is 3.70. The van der Waals surface area contributed by atoms with Gasteiger partial charge in [-0.25, -0.2) is 4.79 Å². The predicted molar refractivity (Wildman–Crippen MR) is 88.4 cm³/mol. The number of carbonyl (C=O) groups excluding carboxylic acids is 1.